The molecular formula is C17H27NO2. The molecule has 2 rings (SSSR count). The van der Waals surface area contributed by atoms with E-state index in [2.05, 4.69) is 6.92 Å². The number of nitrogens with two attached hydrogens (primary N) is 1. The molecule has 1 aromatic rings. The van der Waals surface area contributed by atoms with Gasteiger partial charge in [-0.2, -0.15) is 0 Å². The van der Waals surface area contributed by atoms with Crippen molar-refractivity contribution in [1.29, 1.82) is 0 Å². The number of ether oxygens (including phenoxy) is 1. The molecule has 3 N–H and O–H groups in total. The Morgan fingerprint density at radius 2 is 2.10 bits per heavy atom. The molecule has 1 aliphatic rings. The highest BCUT2D eigenvalue weighted by molar-refractivity contribution is 5.13. The van der Waals surface area contributed by atoms with Crippen LogP contribution >= 0.6 is 0 Å². The first-order valence-electron chi connectivity index (χ1n) is 7.53. The van der Waals surface area contributed by atoms with Gasteiger partial charge < -0.3 is 15.6 Å². The summed E-state index contributed by atoms with van der Waals surface area (Å²) in [5.74, 6) is 0.638. The SMILES string of the molecule is CC1CCC(CN)(C(C)(O)COCc2ccccc2)C1. The molecule has 1 aliphatic carbocycles. The fourth-order valence-corrected chi connectivity index (χ4v) is 3.38. The average molecular weight is 277 g/mol. The minimum atomic E-state index is -0.860. The summed E-state index contributed by atoms with van der Waals surface area (Å²) in [6.45, 7) is 5.51. The highest BCUT2D eigenvalue weighted by Gasteiger charge is 2.49. The number of hydrogen-bond acceptors (Lipinski definition) is 3. The number of hydrogen-bond donors (Lipinski definition) is 2. The first kappa shape index (κ1) is 15.5. The number of rotatable bonds is 6. The van der Waals surface area contributed by atoms with Crippen LogP contribution in [0.5, 0.6) is 0 Å². The minimum absolute atomic E-state index is 0.191. The van der Waals surface area contributed by atoms with Gasteiger partial charge in [-0.1, -0.05) is 43.7 Å². The predicted octanol–water partition coefficient (Wildman–Crippen LogP) is 2.72. The van der Waals surface area contributed by atoms with Gasteiger partial charge >= 0.3 is 0 Å². The van der Waals surface area contributed by atoms with E-state index in [9.17, 15) is 5.11 Å². The molecule has 3 atom stereocenters. The second-order valence-electron chi connectivity index (χ2n) is 6.58. The van der Waals surface area contributed by atoms with Crippen LogP contribution in [0.4, 0.5) is 0 Å². The maximum Gasteiger partial charge on any atom is 0.0920 e. The lowest BCUT2D eigenvalue weighted by Gasteiger charge is -2.42. The Morgan fingerprint density at radius 3 is 2.65 bits per heavy atom. The van der Waals surface area contributed by atoms with E-state index in [0.29, 0.717) is 25.7 Å². The molecule has 3 unspecified atom stereocenters. The van der Waals surface area contributed by atoms with Crippen LogP contribution in [0, 0.1) is 11.3 Å². The van der Waals surface area contributed by atoms with E-state index in [1.165, 1.54) is 0 Å². The second-order valence-corrected chi connectivity index (χ2v) is 6.58. The van der Waals surface area contributed by atoms with Crippen molar-refractivity contribution in [3.05, 3.63) is 35.9 Å². The Labute approximate surface area is 122 Å². The first-order chi connectivity index (χ1) is 9.49. The smallest absolute Gasteiger partial charge is 0.0920 e. The summed E-state index contributed by atoms with van der Waals surface area (Å²) in [5, 5.41) is 10.9. The van der Waals surface area contributed by atoms with Crippen LogP contribution in [-0.2, 0) is 11.3 Å². The Bertz CT molecular complexity index is 418. The van der Waals surface area contributed by atoms with Crippen LogP contribution < -0.4 is 5.73 Å². The molecule has 1 fully saturated rings. The highest BCUT2D eigenvalue weighted by atomic mass is 16.5. The topological polar surface area (TPSA) is 55.5 Å². The third-order valence-corrected chi connectivity index (χ3v) is 4.88. The van der Waals surface area contributed by atoms with Gasteiger partial charge in [0.15, 0.2) is 0 Å². The lowest BCUT2D eigenvalue weighted by Crippen LogP contribution is -2.52. The van der Waals surface area contributed by atoms with E-state index >= 15 is 0 Å². The van der Waals surface area contributed by atoms with Crippen LogP contribution in [0.3, 0.4) is 0 Å². The van der Waals surface area contributed by atoms with Crippen molar-refractivity contribution in [3.8, 4) is 0 Å². The van der Waals surface area contributed by atoms with Gasteiger partial charge in [-0.15, -0.1) is 0 Å². The lowest BCUT2D eigenvalue weighted by molar-refractivity contribution is -0.120. The maximum absolute atomic E-state index is 10.9. The van der Waals surface area contributed by atoms with Gasteiger partial charge in [-0.05, 0) is 31.2 Å². The molecule has 3 heteroatoms. The summed E-state index contributed by atoms with van der Waals surface area (Å²) in [4.78, 5) is 0. The zero-order valence-corrected chi connectivity index (χ0v) is 12.6. The molecule has 1 aromatic carbocycles. The van der Waals surface area contributed by atoms with Crippen molar-refractivity contribution in [3.63, 3.8) is 0 Å². The van der Waals surface area contributed by atoms with Crippen LogP contribution in [0.15, 0.2) is 30.3 Å². The fraction of sp³-hybridized carbons (Fsp3) is 0.647. The largest absolute Gasteiger partial charge is 0.387 e. The van der Waals surface area contributed by atoms with Gasteiger partial charge in [0.05, 0.1) is 18.8 Å². The quantitative estimate of drug-likeness (QED) is 0.840. The zero-order valence-electron chi connectivity index (χ0n) is 12.6. The molecule has 0 radical (unpaired) electrons. The third-order valence-electron chi connectivity index (χ3n) is 4.88. The van der Waals surface area contributed by atoms with Crippen molar-refractivity contribution >= 4 is 0 Å². The Hall–Kier alpha value is -0.900. The molecule has 0 heterocycles. The van der Waals surface area contributed by atoms with E-state index in [0.717, 1.165) is 24.8 Å². The first-order valence-corrected chi connectivity index (χ1v) is 7.53. The molecule has 0 aliphatic heterocycles. The molecule has 20 heavy (non-hydrogen) atoms. The number of aliphatic hydroxyl groups is 1. The van der Waals surface area contributed by atoms with Crippen LogP contribution in [0.1, 0.15) is 38.7 Å². The fourth-order valence-electron chi connectivity index (χ4n) is 3.38. The molecular weight excluding hydrogens is 250 g/mol. The van der Waals surface area contributed by atoms with Crippen LogP contribution in [0.2, 0.25) is 0 Å². The van der Waals surface area contributed by atoms with Crippen molar-refractivity contribution < 1.29 is 9.84 Å². The molecule has 1 saturated carbocycles. The lowest BCUT2D eigenvalue weighted by atomic mass is 9.71. The third kappa shape index (κ3) is 3.22. The normalized spacial score (nSPS) is 29.3. The highest BCUT2D eigenvalue weighted by Crippen LogP contribution is 2.48. The summed E-state index contributed by atoms with van der Waals surface area (Å²) >= 11 is 0. The predicted molar refractivity (Wildman–Crippen MR) is 81.2 cm³/mol. The van der Waals surface area contributed by atoms with Crippen molar-refractivity contribution in [2.45, 2.75) is 45.3 Å². The summed E-state index contributed by atoms with van der Waals surface area (Å²) in [6, 6.07) is 10.0. The van der Waals surface area contributed by atoms with E-state index in [-0.39, 0.29) is 5.41 Å². The summed E-state index contributed by atoms with van der Waals surface area (Å²) < 4.78 is 5.75. The van der Waals surface area contributed by atoms with Gasteiger partial charge in [-0.25, -0.2) is 0 Å². The van der Waals surface area contributed by atoms with E-state index in [1.807, 2.05) is 37.3 Å². The van der Waals surface area contributed by atoms with Gasteiger partial charge in [0, 0.05) is 12.0 Å². The standard InChI is InChI=1S/C17H27NO2/c1-14-8-9-17(10-14,12-18)16(2,19)13-20-11-15-6-4-3-5-7-15/h3-7,14,19H,8-13,18H2,1-2H3. The van der Waals surface area contributed by atoms with Crippen molar-refractivity contribution in [1.82, 2.24) is 0 Å². The van der Waals surface area contributed by atoms with Crippen LogP contribution in [-0.4, -0.2) is 23.9 Å². The summed E-state index contributed by atoms with van der Waals surface area (Å²) in [5.41, 5.74) is 6.06. The minimum Gasteiger partial charge on any atom is -0.387 e. The maximum atomic E-state index is 10.9. The van der Waals surface area contributed by atoms with E-state index in [1.54, 1.807) is 0 Å². The summed E-state index contributed by atoms with van der Waals surface area (Å²) in [6.07, 6.45) is 3.13. The molecule has 0 amide bonds. The van der Waals surface area contributed by atoms with E-state index < -0.39 is 5.60 Å². The van der Waals surface area contributed by atoms with Crippen molar-refractivity contribution in [2.24, 2.45) is 17.1 Å². The Morgan fingerprint density at radius 1 is 1.40 bits per heavy atom. The van der Waals surface area contributed by atoms with Gasteiger partial charge in [0.2, 0.25) is 0 Å². The average Bonchev–Trinajstić information content (AvgIpc) is 2.83. The monoisotopic (exact) mass is 277 g/mol. The molecule has 0 aromatic heterocycles. The molecule has 0 saturated heterocycles. The van der Waals surface area contributed by atoms with E-state index in [4.69, 9.17) is 10.5 Å². The molecule has 112 valence electrons. The van der Waals surface area contributed by atoms with Crippen molar-refractivity contribution in [2.75, 3.05) is 13.2 Å². The number of benzene rings is 1. The Kier molecular flexibility index (Phi) is 4.84. The van der Waals surface area contributed by atoms with Gasteiger partial charge in [0.25, 0.3) is 0 Å². The van der Waals surface area contributed by atoms with Gasteiger partial charge in [0.1, 0.15) is 0 Å². The van der Waals surface area contributed by atoms with Gasteiger partial charge in [-0.3, -0.25) is 0 Å². The Balaban J connectivity index is 1.93. The zero-order chi connectivity index (χ0) is 14.6. The molecule has 0 spiro atoms. The summed E-state index contributed by atoms with van der Waals surface area (Å²) in [7, 11) is 0. The molecule has 3 nitrogen and oxygen atoms in total. The molecule has 0 bridgehead atoms. The van der Waals surface area contributed by atoms with Crippen LogP contribution in [0.25, 0.3) is 0 Å². The second kappa shape index (κ2) is 6.25.